The second kappa shape index (κ2) is 9.40. The third-order valence-electron chi connectivity index (χ3n) is 8.35. The van der Waals surface area contributed by atoms with E-state index >= 15 is 0 Å². The second-order valence-corrected chi connectivity index (χ2v) is 12.0. The third kappa shape index (κ3) is 5.82. The topological polar surface area (TPSA) is 76.7 Å². The van der Waals surface area contributed by atoms with Gasteiger partial charge in [0.15, 0.2) is 0 Å². The van der Waals surface area contributed by atoms with Gasteiger partial charge >= 0.3 is 10.4 Å². The lowest BCUT2D eigenvalue weighted by Gasteiger charge is -2.57. The van der Waals surface area contributed by atoms with Crippen molar-refractivity contribution in [1.29, 1.82) is 0 Å². The van der Waals surface area contributed by atoms with Crippen LogP contribution in [-0.2, 0) is 21.0 Å². The van der Waals surface area contributed by atoms with Crippen LogP contribution in [0.1, 0.15) is 85.1 Å². The fraction of sp³-hybridized carbons (Fsp3) is 0.760. The zero-order valence-corrected chi connectivity index (χ0v) is 20.6. The number of rotatable bonds is 9. The maximum Gasteiger partial charge on any atom is 0.397 e. The summed E-state index contributed by atoms with van der Waals surface area (Å²) in [6, 6.07) is 1.96. The molecular formula is C25H40O5S. The van der Waals surface area contributed by atoms with Crippen molar-refractivity contribution in [2.24, 2.45) is 28.6 Å². The van der Waals surface area contributed by atoms with E-state index in [9.17, 15) is 13.0 Å². The molecule has 2 aliphatic rings. The largest absolute Gasteiger partial charge is 0.472 e. The van der Waals surface area contributed by atoms with E-state index in [-0.39, 0.29) is 22.7 Å². The van der Waals surface area contributed by atoms with Crippen molar-refractivity contribution in [3.63, 3.8) is 0 Å². The Morgan fingerprint density at radius 3 is 2.68 bits per heavy atom. The van der Waals surface area contributed by atoms with Crippen LogP contribution in [0.3, 0.4) is 0 Å². The second-order valence-electron chi connectivity index (χ2n) is 10.9. The summed E-state index contributed by atoms with van der Waals surface area (Å²) < 4.78 is 43.3. The van der Waals surface area contributed by atoms with Crippen molar-refractivity contribution in [2.45, 2.75) is 92.1 Å². The highest BCUT2D eigenvalue weighted by Gasteiger charge is 2.52. The van der Waals surface area contributed by atoms with Gasteiger partial charge in [0.1, 0.15) is 0 Å². The zero-order chi connectivity index (χ0) is 22.9. The van der Waals surface area contributed by atoms with Crippen LogP contribution in [0.2, 0.25) is 0 Å². The summed E-state index contributed by atoms with van der Waals surface area (Å²) in [5, 5.41) is 0. The van der Waals surface area contributed by atoms with E-state index in [0.717, 1.165) is 37.7 Å². The number of aryl methyl sites for hydroxylation is 1. The van der Waals surface area contributed by atoms with Crippen LogP contribution in [0.5, 0.6) is 0 Å². The average molecular weight is 453 g/mol. The molecule has 5 atom stereocenters. The Labute approximate surface area is 188 Å². The normalized spacial score (nSPS) is 30.3. The minimum absolute atomic E-state index is 0.0159. The fourth-order valence-corrected chi connectivity index (χ4v) is 7.18. The molecule has 1 aromatic rings. The number of allylic oxidation sites excluding steroid dienone is 2. The Kier molecular flexibility index (Phi) is 7.44. The summed E-state index contributed by atoms with van der Waals surface area (Å²) in [6.45, 7) is 11.4. The lowest BCUT2D eigenvalue weighted by molar-refractivity contribution is -0.0517. The third-order valence-corrected chi connectivity index (χ3v) is 8.84. The first-order valence-electron chi connectivity index (χ1n) is 11.8. The monoisotopic (exact) mass is 452 g/mol. The Balaban J connectivity index is 1.77. The summed E-state index contributed by atoms with van der Waals surface area (Å²) in [4.78, 5) is 0. The van der Waals surface area contributed by atoms with Gasteiger partial charge in [0.2, 0.25) is 0 Å². The first-order chi connectivity index (χ1) is 14.4. The molecule has 0 radical (unpaired) electrons. The summed E-state index contributed by atoms with van der Waals surface area (Å²) in [5.41, 5.74) is 2.88. The van der Waals surface area contributed by atoms with Gasteiger partial charge in [0.25, 0.3) is 0 Å². The highest BCUT2D eigenvalue weighted by atomic mass is 32.3. The molecule has 6 heteroatoms. The number of hydrogen-bond acceptors (Lipinski definition) is 4. The van der Waals surface area contributed by atoms with E-state index in [1.54, 1.807) is 12.5 Å². The molecule has 1 aromatic heterocycles. The Morgan fingerprint density at radius 1 is 1.29 bits per heavy atom. The van der Waals surface area contributed by atoms with Crippen LogP contribution in [0.4, 0.5) is 0 Å². The highest BCUT2D eigenvalue weighted by molar-refractivity contribution is 7.80. The van der Waals surface area contributed by atoms with E-state index in [1.165, 1.54) is 18.4 Å². The number of furan rings is 1. The molecule has 0 bridgehead atoms. The molecule has 2 aliphatic carbocycles. The molecule has 0 saturated heterocycles. The molecule has 1 unspecified atom stereocenters. The van der Waals surface area contributed by atoms with E-state index in [0.29, 0.717) is 12.3 Å². The molecule has 1 saturated carbocycles. The molecule has 3 rings (SSSR count). The predicted molar refractivity (Wildman–Crippen MR) is 123 cm³/mol. The van der Waals surface area contributed by atoms with E-state index in [4.69, 9.17) is 8.60 Å². The van der Waals surface area contributed by atoms with Gasteiger partial charge in [-0.2, -0.15) is 8.42 Å². The lowest BCUT2D eigenvalue weighted by atomic mass is 9.48. The van der Waals surface area contributed by atoms with Crippen molar-refractivity contribution in [3.05, 3.63) is 35.8 Å². The minimum Gasteiger partial charge on any atom is -0.472 e. The molecule has 0 aromatic carbocycles. The van der Waals surface area contributed by atoms with Gasteiger partial charge in [0, 0.05) is 0 Å². The van der Waals surface area contributed by atoms with Crippen LogP contribution in [0, 0.1) is 28.6 Å². The van der Waals surface area contributed by atoms with E-state index in [2.05, 4.69) is 33.8 Å². The molecular weight excluding hydrogens is 412 g/mol. The minimum atomic E-state index is -4.51. The summed E-state index contributed by atoms with van der Waals surface area (Å²) >= 11 is 0. The predicted octanol–water partition coefficient (Wildman–Crippen LogP) is 6.62. The van der Waals surface area contributed by atoms with Gasteiger partial charge in [-0.1, -0.05) is 45.8 Å². The molecule has 5 nitrogen and oxygen atoms in total. The van der Waals surface area contributed by atoms with Gasteiger partial charge in [-0.3, -0.25) is 4.55 Å². The molecule has 1 N–H and O–H groups in total. The van der Waals surface area contributed by atoms with E-state index in [1.807, 2.05) is 13.0 Å². The first kappa shape index (κ1) is 24.5. The van der Waals surface area contributed by atoms with Gasteiger partial charge in [-0.15, -0.1) is 0 Å². The van der Waals surface area contributed by atoms with Crippen LogP contribution < -0.4 is 0 Å². The Morgan fingerprint density at radius 2 is 2.03 bits per heavy atom. The zero-order valence-electron chi connectivity index (χ0n) is 19.8. The maximum atomic E-state index is 11.7. The molecule has 176 valence electrons. The standard InChI is InChI=1S/C25H40O5S/c1-18-10-11-23-24(3,4)13-7-14-25(23,5)21(18)16-22(30-31(26,27)28)19(2)8-6-9-20-12-15-29-17-20/h10,12,15,17,19,21-23H,6-9,11,13-14,16H2,1-5H3,(H,26,27,28)/t19-,21?,22+,23+,25-/m1/s1. The van der Waals surface area contributed by atoms with Crippen molar-refractivity contribution in [1.82, 2.24) is 0 Å². The Bertz CT molecular complexity index is 854. The van der Waals surface area contributed by atoms with Crippen LogP contribution in [0.25, 0.3) is 0 Å². The molecule has 1 fully saturated rings. The van der Waals surface area contributed by atoms with Gasteiger partial charge in [-0.05, 0) is 92.1 Å². The summed E-state index contributed by atoms with van der Waals surface area (Å²) in [5.74, 6) is 0.848. The summed E-state index contributed by atoms with van der Waals surface area (Å²) in [7, 11) is -4.51. The first-order valence-corrected chi connectivity index (χ1v) is 13.1. The van der Waals surface area contributed by atoms with Gasteiger partial charge in [-0.25, -0.2) is 4.18 Å². The molecule has 1 heterocycles. The van der Waals surface area contributed by atoms with Crippen molar-refractivity contribution in [3.8, 4) is 0 Å². The van der Waals surface area contributed by atoms with Crippen molar-refractivity contribution in [2.75, 3.05) is 0 Å². The van der Waals surface area contributed by atoms with Crippen molar-refractivity contribution < 1.29 is 21.6 Å². The Hall–Kier alpha value is -1.11. The summed E-state index contributed by atoms with van der Waals surface area (Å²) in [6.07, 6.45) is 13.2. The molecule has 0 spiro atoms. The molecule has 31 heavy (non-hydrogen) atoms. The van der Waals surface area contributed by atoms with E-state index < -0.39 is 16.5 Å². The average Bonchev–Trinajstić information content (AvgIpc) is 3.15. The van der Waals surface area contributed by atoms with Crippen molar-refractivity contribution >= 4 is 10.4 Å². The van der Waals surface area contributed by atoms with Crippen LogP contribution in [-0.4, -0.2) is 19.1 Å². The molecule has 0 amide bonds. The molecule has 0 aliphatic heterocycles. The number of fused-ring (bicyclic) bond motifs is 1. The van der Waals surface area contributed by atoms with Gasteiger partial charge in [0.05, 0.1) is 18.6 Å². The smallest absolute Gasteiger partial charge is 0.397 e. The SMILES string of the molecule is CC1=CC[C@H]2C(C)(C)CCC[C@]2(C)C1C[C@H](OS(=O)(=O)O)[C@H](C)CCCc1ccoc1. The van der Waals surface area contributed by atoms with Crippen LogP contribution >= 0.6 is 0 Å². The fourth-order valence-electron chi connectivity index (χ4n) is 6.60. The lowest BCUT2D eigenvalue weighted by Crippen LogP contribution is -2.49. The highest BCUT2D eigenvalue weighted by Crippen LogP contribution is 2.60. The quantitative estimate of drug-likeness (QED) is 0.337. The maximum absolute atomic E-state index is 11.7. The van der Waals surface area contributed by atoms with Gasteiger partial charge < -0.3 is 4.42 Å². The number of hydrogen-bond donors (Lipinski definition) is 1. The van der Waals surface area contributed by atoms with Crippen LogP contribution in [0.15, 0.2) is 34.7 Å².